The highest BCUT2D eigenvalue weighted by atomic mass is 16.4. The molecule has 0 saturated carbocycles. The van der Waals surface area contributed by atoms with Gasteiger partial charge >= 0.3 is 5.97 Å². The van der Waals surface area contributed by atoms with E-state index in [4.69, 9.17) is 5.11 Å². The van der Waals surface area contributed by atoms with Crippen LogP contribution in [0.25, 0.3) is 11.1 Å². The van der Waals surface area contributed by atoms with E-state index in [9.17, 15) is 9.59 Å². The fraction of sp³-hybridized carbons (Fsp3) is 0. The van der Waals surface area contributed by atoms with E-state index in [1.807, 2.05) is 6.07 Å². The van der Waals surface area contributed by atoms with Gasteiger partial charge in [-0.1, -0.05) is 30.3 Å². The van der Waals surface area contributed by atoms with Crippen molar-refractivity contribution in [3.8, 4) is 11.1 Å². The van der Waals surface area contributed by atoms with E-state index in [2.05, 4.69) is 4.98 Å². The average molecular weight is 215 g/mol. The molecule has 1 aromatic carbocycles. The number of aromatic carboxylic acids is 1. The van der Waals surface area contributed by atoms with Crippen LogP contribution in [-0.4, -0.2) is 16.1 Å². The van der Waals surface area contributed by atoms with Gasteiger partial charge in [0.2, 0.25) is 5.43 Å². The number of hydrogen-bond acceptors (Lipinski definition) is 2. The van der Waals surface area contributed by atoms with Gasteiger partial charge < -0.3 is 10.1 Å². The van der Waals surface area contributed by atoms with E-state index in [0.29, 0.717) is 11.1 Å². The molecule has 0 spiro atoms. The Hall–Kier alpha value is -2.36. The number of benzene rings is 1. The van der Waals surface area contributed by atoms with Crippen molar-refractivity contribution in [3.05, 3.63) is 58.5 Å². The molecule has 0 aliphatic carbocycles. The predicted octanol–water partition coefficient (Wildman–Crippen LogP) is 1.74. The minimum absolute atomic E-state index is 0.249. The molecule has 0 aliphatic heterocycles. The van der Waals surface area contributed by atoms with Crippen LogP contribution >= 0.6 is 0 Å². The van der Waals surface area contributed by atoms with Crippen LogP contribution in [0.1, 0.15) is 10.4 Å². The van der Waals surface area contributed by atoms with E-state index in [0.717, 1.165) is 0 Å². The van der Waals surface area contributed by atoms with Gasteiger partial charge in [0.1, 0.15) is 5.56 Å². The number of aromatic amines is 1. The average Bonchev–Trinajstić information content (AvgIpc) is 2.30. The predicted molar refractivity (Wildman–Crippen MR) is 59.5 cm³/mol. The quantitative estimate of drug-likeness (QED) is 0.801. The molecule has 2 N–H and O–H groups in total. The summed E-state index contributed by atoms with van der Waals surface area (Å²) in [6.07, 6.45) is 2.70. The fourth-order valence-electron chi connectivity index (χ4n) is 1.48. The summed E-state index contributed by atoms with van der Waals surface area (Å²) in [4.78, 5) is 25.3. The lowest BCUT2D eigenvalue weighted by Gasteiger charge is -2.01. The maximum absolute atomic E-state index is 11.8. The van der Waals surface area contributed by atoms with Crippen molar-refractivity contribution in [1.82, 2.24) is 4.98 Å². The molecular weight excluding hydrogens is 206 g/mol. The lowest BCUT2D eigenvalue weighted by Crippen LogP contribution is -2.16. The SMILES string of the molecule is O=C(O)c1c[nH]cc(-c2ccccc2)c1=O. The molecule has 0 unspecified atom stereocenters. The molecule has 4 heteroatoms. The van der Waals surface area contributed by atoms with Gasteiger partial charge in [-0.2, -0.15) is 0 Å². The Balaban J connectivity index is 2.64. The molecule has 0 bridgehead atoms. The number of hydrogen-bond donors (Lipinski definition) is 2. The molecule has 0 saturated heterocycles. The molecule has 80 valence electrons. The van der Waals surface area contributed by atoms with Gasteiger partial charge in [-0.05, 0) is 5.56 Å². The van der Waals surface area contributed by atoms with E-state index in [1.54, 1.807) is 24.3 Å². The minimum atomic E-state index is -1.22. The molecule has 2 rings (SSSR count). The van der Waals surface area contributed by atoms with E-state index in [-0.39, 0.29) is 5.56 Å². The Labute approximate surface area is 91.2 Å². The van der Waals surface area contributed by atoms with Gasteiger partial charge in [-0.25, -0.2) is 4.79 Å². The lowest BCUT2D eigenvalue weighted by atomic mass is 10.1. The number of H-pyrrole nitrogens is 1. The molecule has 0 fully saturated rings. The largest absolute Gasteiger partial charge is 0.477 e. The molecule has 4 nitrogen and oxygen atoms in total. The molecule has 1 heterocycles. The summed E-state index contributed by atoms with van der Waals surface area (Å²) in [6.45, 7) is 0. The fourth-order valence-corrected chi connectivity index (χ4v) is 1.48. The van der Waals surface area contributed by atoms with Gasteiger partial charge in [-0.3, -0.25) is 4.79 Å². The first-order valence-electron chi connectivity index (χ1n) is 4.70. The highest BCUT2D eigenvalue weighted by molar-refractivity contribution is 5.88. The summed E-state index contributed by atoms with van der Waals surface area (Å²) in [5.41, 5.74) is 0.339. The summed E-state index contributed by atoms with van der Waals surface area (Å²) < 4.78 is 0. The maximum atomic E-state index is 11.8. The summed E-state index contributed by atoms with van der Waals surface area (Å²) >= 11 is 0. The zero-order valence-electron chi connectivity index (χ0n) is 8.31. The zero-order chi connectivity index (χ0) is 11.5. The van der Waals surface area contributed by atoms with Crippen LogP contribution in [0.3, 0.4) is 0 Å². The van der Waals surface area contributed by atoms with Gasteiger partial charge in [0.15, 0.2) is 0 Å². The van der Waals surface area contributed by atoms with E-state index in [1.165, 1.54) is 12.4 Å². The summed E-state index contributed by atoms with van der Waals surface area (Å²) in [5.74, 6) is -1.22. The molecule has 0 aliphatic rings. The molecule has 2 aromatic rings. The molecule has 0 amide bonds. The normalized spacial score (nSPS) is 10.0. The number of rotatable bonds is 2. The third-order valence-electron chi connectivity index (χ3n) is 2.26. The third-order valence-corrected chi connectivity index (χ3v) is 2.26. The van der Waals surface area contributed by atoms with E-state index < -0.39 is 11.4 Å². The summed E-state index contributed by atoms with van der Waals surface area (Å²) in [5, 5.41) is 8.82. The summed E-state index contributed by atoms with van der Waals surface area (Å²) in [6, 6.07) is 8.94. The van der Waals surface area contributed by atoms with Crippen molar-refractivity contribution < 1.29 is 9.90 Å². The van der Waals surface area contributed by atoms with Crippen LogP contribution in [0.5, 0.6) is 0 Å². The number of carboxylic acid groups (broad SMARTS) is 1. The van der Waals surface area contributed by atoms with Crippen molar-refractivity contribution in [3.63, 3.8) is 0 Å². The van der Waals surface area contributed by atoms with Crippen molar-refractivity contribution in [2.24, 2.45) is 0 Å². The van der Waals surface area contributed by atoms with Crippen LogP contribution in [0, 0.1) is 0 Å². The number of carboxylic acids is 1. The zero-order valence-corrected chi connectivity index (χ0v) is 8.31. The molecular formula is C12H9NO3. The van der Waals surface area contributed by atoms with Crippen molar-refractivity contribution in [1.29, 1.82) is 0 Å². The van der Waals surface area contributed by atoms with Crippen LogP contribution in [0.4, 0.5) is 0 Å². The maximum Gasteiger partial charge on any atom is 0.341 e. The highest BCUT2D eigenvalue weighted by Gasteiger charge is 2.12. The first-order valence-corrected chi connectivity index (χ1v) is 4.70. The first kappa shape index (κ1) is 10.2. The Morgan fingerprint density at radius 3 is 2.44 bits per heavy atom. The second-order valence-electron chi connectivity index (χ2n) is 3.28. The van der Waals surface area contributed by atoms with Crippen LogP contribution in [0.15, 0.2) is 47.5 Å². The molecule has 1 aromatic heterocycles. The Morgan fingerprint density at radius 2 is 1.81 bits per heavy atom. The smallest absolute Gasteiger partial charge is 0.341 e. The number of aromatic nitrogens is 1. The van der Waals surface area contributed by atoms with Crippen LogP contribution < -0.4 is 5.43 Å². The highest BCUT2D eigenvalue weighted by Crippen LogP contribution is 2.13. The second-order valence-corrected chi connectivity index (χ2v) is 3.28. The number of carbonyl (C=O) groups is 1. The van der Waals surface area contributed by atoms with Crippen LogP contribution in [0.2, 0.25) is 0 Å². The first-order chi connectivity index (χ1) is 7.70. The van der Waals surface area contributed by atoms with E-state index >= 15 is 0 Å². The van der Waals surface area contributed by atoms with Gasteiger partial charge in [0, 0.05) is 18.0 Å². The van der Waals surface area contributed by atoms with Gasteiger partial charge in [0.25, 0.3) is 0 Å². The monoisotopic (exact) mass is 215 g/mol. The molecule has 0 atom stereocenters. The van der Waals surface area contributed by atoms with Gasteiger partial charge in [0.05, 0.1) is 0 Å². The Morgan fingerprint density at radius 1 is 1.12 bits per heavy atom. The molecule has 0 radical (unpaired) electrons. The number of pyridine rings is 1. The van der Waals surface area contributed by atoms with Crippen molar-refractivity contribution in [2.45, 2.75) is 0 Å². The van der Waals surface area contributed by atoms with Crippen molar-refractivity contribution in [2.75, 3.05) is 0 Å². The Kier molecular flexibility index (Phi) is 2.55. The van der Waals surface area contributed by atoms with Crippen molar-refractivity contribution >= 4 is 5.97 Å². The lowest BCUT2D eigenvalue weighted by molar-refractivity contribution is 0.0695. The third kappa shape index (κ3) is 1.72. The van der Waals surface area contributed by atoms with Crippen LogP contribution in [-0.2, 0) is 0 Å². The summed E-state index contributed by atoms with van der Waals surface area (Å²) in [7, 11) is 0. The number of nitrogens with one attached hydrogen (secondary N) is 1. The minimum Gasteiger partial charge on any atom is -0.477 e. The molecule has 16 heavy (non-hydrogen) atoms. The Bertz CT molecular complexity index is 572. The standard InChI is InChI=1S/C12H9NO3/c14-11-9(8-4-2-1-3-5-8)6-13-7-10(11)12(15)16/h1-7H,(H,13,14)(H,15,16). The topological polar surface area (TPSA) is 70.2 Å². The van der Waals surface area contributed by atoms with Gasteiger partial charge in [-0.15, -0.1) is 0 Å². The second kappa shape index (κ2) is 4.02.